The van der Waals surface area contributed by atoms with Crippen LogP contribution in [0.2, 0.25) is 0 Å². The van der Waals surface area contributed by atoms with E-state index in [-0.39, 0.29) is 24.8 Å². The number of rotatable bonds is 7. The van der Waals surface area contributed by atoms with Crippen molar-refractivity contribution >= 4 is 24.8 Å². The molecule has 2 heterocycles. The van der Waals surface area contributed by atoms with Gasteiger partial charge in [-0.2, -0.15) is 0 Å². The Hall–Kier alpha value is -0.400. The molecule has 2 N–H and O–H groups in total. The number of hydrogen-bond donors (Lipinski definition) is 2. The molecule has 8 heteroatoms. The van der Waals surface area contributed by atoms with E-state index in [1.54, 1.807) is 13.4 Å². The second-order valence-corrected chi connectivity index (χ2v) is 4.69. The number of hydrogen-bond acceptors (Lipinski definition) is 5. The van der Waals surface area contributed by atoms with Gasteiger partial charge in [0.25, 0.3) is 0 Å². The van der Waals surface area contributed by atoms with Crippen molar-refractivity contribution in [2.24, 2.45) is 0 Å². The molecule has 0 radical (unpaired) electrons. The maximum absolute atomic E-state index is 5.06. The first-order valence-corrected chi connectivity index (χ1v) is 6.70. The first-order chi connectivity index (χ1) is 8.90. The van der Waals surface area contributed by atoms with E-state index in [0.717, 1.165) is 45.0 Å². The Morgan fingerprint density at radius 1 is 1.40 bits per heavy atom. The van der Waals surface area contributed by atoms with E-state index in [2.05, 4.69) is 25.4 Å². The third kappa shape index (κ3) is 6.37. The Morgan fingerprint density at radius 2 is 2.15 bits per heavy atom. The van der Waals surface area contributed by atoms with Crippen LogP contribution in [0.3, 0.4) is 0 Å². The highest BCUT2D eigenvalue weighted by atomic mass is 35.5. The predicted molar refractivity (Wildman–Crippen MR) is 83.7 cm³/mol. The molecular formula is C12H25Cl2N5O. The fraction of sp³-hybridized carbons (Fsp3) is 0.833. The van der Waals surface area contributed by atoms with E-state index in [9.17, 15) is 0 Å². The maximum atomic E-state index is 5.06. The lowest BCUT2D eigenvalue weighted by Crippen LogP contribution is -2.39. The molecule has 0 amide bonds. The van der Waals surface area contributed by atoms with Crippen molar-refractivity contribution in [1.82, 2.24) is 25.4 Å². The first-order valence-electron chi connectivity index (χ1n) is 6.70. The van der Waals surface area contributed by atoms with Crippen LogP contribution in [0.4, 0.5) is 0 Å². The monoisotopic (exact) mass is 325 g/mol. The molecule has 118 valence electrons. The molecule has 0 atom stereocenters. The van der Waals surface area contributed by atoms with Gasteiger partial charge in [-0.05, 0) is 32.4 Å². The number of methoxy groups -OCH3 is 1. The van der Waals surface area contributed by atoms with Crippen LogP contribution in [0.5, 0.6) is 0 Å². The van der Waals surface area contributed by atoms with E-state index < -0.39 is 0 Å². The molecule has 1 aromatic heterocycles. The number of ether oxygens (including phenoxy) is 1. The lowest BCUT2D eigenvalue weighted by atomic mass is 10.1. The summed E-state index contributed by atoms with van der Waals surface area (Å²) in [6, 6.07) is 0.607. The standard InChI is InChI=1S/C12H23N5O.2ClH/c1-18-8-2-7-17-10-15-16-12(17)9-14-11-3-5-13-6-4-11;;/h10-11,13-14H,2-9H2,1H3;2*1H. The summed E-state index contributed by atoms with van der Waals surface area (Å²) in [5.41, 5.74) is 0. The second kappa shape index (κ2) is 11.3. The van der Waals surface area contributed by atoms with Gasteiger partial charge in [0.1, 0.15) is 12.2 Å². The summed E-state index contributed by atoms with van der Waals surface area (Å²) in [6.45, 7) is 4.72. The molecule has 0 unspecified atom stereocenters. The summed E-state index contributed by atoms with van der Waals surface area (Å²) in [5, 5.41) is 15.1. The molecule has 0 aromatic carbocycles. The van der Waals surface area contributed by atoms with Crippen LogP contribution in [-0.2, 0) is 17.8 Å². The van der Waals surface area contributed by atoms with Gasteiger partial charge in [-0.15, -0.1) is 35.0 Å². The molecular weight excluding hydrogens is 301 g/mol. The zero-order valence-corrected chi connectivity index (χ0v) is 13.5. The molecule has 0 spiro atoms. The Morgan fingerprint density at radius 3 is 2.85 bits per heavy atom. The highest BCUT2D eigenvalue weighted by molar-refractivity contribution is 5.85. The van der Waals surface area contributed by atoms with Crippen LogP contribution in [0.1, 0.15) is 25.1 Å². The van der Waals surface area contributed by atoms with Crippen LogP contribution in [0.25, 0.3) is 0 Å². The van der Waals surface area contributed by atoms with E-state index in [1.807, 2.05) is 0 Å². The largest absolute Gasteiger partial charge is 0.385 e. The minimum Gasteiger partial charge on any atom is -0.385 e. The highest BCUT2D eigenvalue weighted by Gasteiger charge is 2.13. The van der Waals surface area contributed by atoms with Gasteiger partial charge in [-0.25, -0.2) is 0 Å². The number of aryl methyl sites for hydroxylation is 1. The van der Waals surface area contributed by atoms with Crippen molar-refractivity contribution in [2.45, 2.75) is 38.4 Å². The van der Waals surface area contributed by atoms with Gasteiger partial charge < -0.3 is 19.9 Å². The Kier molecular flexibility index (Phi) is 11.1. The molecule has 20 heavy (non-hydrogen) atoms. The quantitative estimate of drug-likeness (QED) is 0.732. The number of aromatic nitrogens is 3. The molecule has 0 aliphatic carbocycles. The van der Waals surface area contributed by atoms with Gasteiger partial charge in [0, 0.05) is 26.3 Å². The van der Waals surface area contributed by atoms with Crippen LogP contribution in [0, 0.1) is 0 Å². The van der Waals surface area contributed by atoms with Crippen molar-refractivity contribution in [3.05, 3.63) is 12.2 Å². The lowest BCUT2D eigenvalue weighted by molar-refractivity contribution is 0.190. The number of nitrogens with one attached hydrogen (secondary N) is 2. The number of piperidine rings is 1. The van der Waals surface area contributed by atoms with Crippen LogP contribution >= 0.6 is 24.8 Å². The normalized spacial score (nSPS) is 15.4. The Balaban J connectivity index is 0.00000180. The fourth-order valence-electron chi connectivity index (χ4n) is 2.24. The van der Waals surface area contributed by atoms with Crippen LogP contribution in [0.15, 0.2) is 6.33 Å². The van der Waals surface area contributed by atoms with Crippen molar-refractivity contribution in [2.75, 3.05) is 26.8 Å². The van der Waals surface area contributed by atoms with E-state index >= 15 is 0 Å². The Labute approximate surface area is 132 Å². The average molecular weight is 326 g/mol. The number of nitrogens with zero attached hydrogens (tertiary/aromatic N) is 3. The van der Waals surface area contributed by atoms with Crippen molar-refractivity contribution < 1.29 is 4.74 Å². The van der Waals surface area contributed by atoms with Crippen LogP contribution < -0.4 is 10.6 Å². The molecule has 1 aliphatic rings. The first kappa shape index (κ1) is 19.6. The SMILES string of the molecule is COCCCn1cnnc1CNC1CCNCC1.Cl.Cl. The summed E-state index contributed by atoms with van der Waals surface area (Å²) >= 11 is 0. The zero-order valence-electron chi connectivity index (χ0n) is 11.9. The van der Waals surface area contributed by atoms with Gasteiger partial charge in [0.15, 0.2) is 0 Å². The predicted octanol–water partition coefficient (Wildman–Crippen LogP) is 1.000. The molecule has 2 rings (SSSR count). The van der Waals surface area contributed by atoms with Gasteiger partial charge >= 0.3 is 0 Å². The van der Waals surface area contributed by atoms with Crippen molar-refractivity contribution in [3.63, 3.8) is 0 Å². The molecule has 1 aliphatic heterocycles. The fourth-order valence-corrected chi connectivity index (χ4v) is 2.24. The third-order valence-electron chi connectivity index (χ3n) is 3.33. The van der Waals surface area contributed by atoms with Crippen molar-refractivity contribution in [1.29, 1.82) is 0 Å². The molecule has 1 aromatic rings. The van der Waals surface area contributed by atoms with E-state index in [4.69, 9.17) is 4.74 Å². The minimum absolute atomic E-state index is 0. The van der Waals surface area contributed by atoms with E-state index in [0.29, 0.717) is 6.04 Å². The molecule has 0 bridgehead atoms. The van der Waals surface area contributed by atoms with E-state index in [1.165, 1.54) is 12.8 Å². The minimum atomic E-state index is 0. The van der Waals surface area contributed by atoms with Gasteiger partial charge in [-0.3, -0.25) is 0 Å². The molecule has 6 nitrogen and oxygen atoms in total. The summed E-state index contributed by atoms with van der Waals surface area (Å²) < 4.78 is 7.16. The molecule has 1 fully saturated rings. The number of halogens is 2. The summed E-state index contributed by atoms with van der Waals surface area (Å²) in [4.78, 5) is 0. The maximum Gasteiger partial charge on any atom is 0.146 e. The van der Waals surface area contributed by atoms with Crippen molar-refractivity contribution in [3.8, 4) is 0 Å². The summed E-state index contributed by atoms with van der Waals surface area (Å²) in [6.07, 6.45) is 5.18. The lowest BCUT2D eigenvalue weighted by Gasteiger charge is -2.23. The molecule has 0 saturated carbocycles. The third-order valence-corrected chi connectivity index (χ3v) is 3.33. The van der Waals surface area contributed by atoms with Gasteiger partial charge in [0.05, 0.1) is 6.54 Å². The molecule has 1 saturated heterocycles. The summed E-state index contributed by atoms with van der Waals surface area (Å²) in [7, 11) is 1.73. The van der Waals surface area contributed by atoms with Gasteiger partial charge in [-0.1, -0.05) is 0 Å². The highest BCUT2D eigenvalue weighted by Crippen LogP contribution is 2.04. The van der Waals surface area contributed by atoms with Crippen LogP contribution in [-0.4, -0.2) is 47.6 Å². The van der Waals surface area contributed by atoms with Gasteiger partial charge in [0.2, 0.25) is 0 Å². The topological polar surface area (TPSA) is 64.0 Å². The average Bonchev–Trinajstić information content (AvgIpc) is 2.86. The zero-order chi connectivity index (χ0) is 12.6. The Bertz CT molecular complexity index is 344. The summed E-state index contributed by atoms with van der Waals surface area (Å²) in [5.74, 6) is 1.02. The smallest absolute Gasteiger partial charge is 0.146 e. The second-order valence-electron chi connectivity index (χ2n) is 4.69.